The van der Waals surface area contributed by atoms with E-state index in [1.54, 1.807) is 14.2 Å². The van der Waals surface area contributed by atoms with E-state index in [9.17, 15) is 9.59 Å². The SMILES string of the molecule is COC(=O)C12C3C4C1N(Cc1ccccc1)C1C(C(N3Cc3ccccc3)C1(C(=O)OC)[C@H]4c1ccccc1)[C@H]2c1ccccc1. The van der Waals surface area contributed by atoms with Crippen LogP contribution in [0.1, 0.15) is 34.1 Å². The van der Waals surface area contributed by atoms with Crippen molar-refractivity contribution < 1.29 is 19.1 Å². The predicted octanol–water partition coefficient (Wildman–Crippen LogP) is 5.65. The monoisotopic (exact) mass is 610 g/mol. The van der Waals surface area contributed by atoms with Gasteiger partial charge < -0.3 is 9.47 Å². The number of benzene rings is 4. The summed E-state index contributed by atoms with van der Waals surface area (Å²) in [5.74, 6) is -0.373. The van der Waals surface area contributed by atoms with E-state index in [-0.39, 0.29) is 59.8 Å². The van der Waals surface area contributed by atoms with Crippen LogP contribution in [0.15, 0.2) is 121 Å². The van der Waals surface area contributed by atoms with Crippen molar-refractivity contribution in [2.75, 3.05) is 14.2 Å². The summed E-state index contributed by atoms with van der Waals surface area (Å²) in [6.07, 6.45) is 0. The largest absolute Gasteiger partial charge is 0.468 e. The second-order valence-electron chi connectivity index (χ2n) is 13.9. The van der Waals surface area contributed by atoms with Gasteiger partial charge in [-0.15, -0.1) is 0 Å². The quantitative estimate of drug-likeness (QED) is 0.240. The third-order valence-corrected chi connectivity index (χ3v) is 12.5. The molecule has 6 atom stereocenters. The minimum Gasteiger partial charge on any atom is -0.468 e. The van der Waals surface area contributed by atoms with Crippen molar-refractivity contribution in [3.63, 3.8) is 0 Å². The Bertz CT molecular complexity index is 1620. The van der Waals surface area contributed by atoms with Gasteiger partial charge in [0.1, 0.15) is 10.8 Å². The van der Waals surface area contributed by atoms with Crippen LogP contribution in [0.25, 0.3) is 0 Å². The average molecular weight is 611 g/mol. The average Bonchev–Trinajstić information content (AvgIpc) is 3.08. The Morgan fingerprint density at radius 1 is 0.522 bits per heavy atom. The molecule has 0 spiro atoms. The molecule has 6 fully saturated rings. The predicted molar refractivity (Wildman–Crippen MR) is 173 cm³/mol. The number of carbonyl (C=O) groups excluding carboxylic acids is 2. The molecular formula is C40H38N2O4. The number of rotatable bonds is 8. The zero-order chi connectivity index (χ0) is 31.2. The smallest absolute Gasteiger partial charge is 0.315 e. The fraction of sp³-hybridized carbons (Fsp3) is 0.350. The summed E-state index contributed by atoms with van der Waals surface area (Å²) in [6.45, 7) is 1.34. The van der Waals surface area contributed by atoms with Crippen molar-refractivity contribution in [2.24, 2.45) is 22.7 Å². The molecule has 4 heterocycles. The summed E-state index contributed by atoms with van der Waals surface area (Å²) < 4.78 is 11.8. The van der Waals surface area contributed by atoms with Crippen LogP contribution in [0.2, 0.25) is 0 Å². The normalized spacial score (nSPS) is 36.4. The van der Waals surface area contributed by atoms with Crippen molar-refractivity contribution in [2.45, 2.75) is 49.1 Å². The lowest BCUT2D eigenvalue weighted by atomic mass is 9.23. The molecule has 6 heteroatoms. The van der Waals surface area contributed by atoms with Gasteiger partial charge in [-0.1, -0.05) is 121 Å². The highest BCUT2D eigenvalue weighted by Crippen LogP contribution is 2.85. The van der Waals surface area contributed by atoms with Gasteiger partial charge in [0.25, 0.3) is 0 Å². The number of carbonyl (C=O) groups is 2. The molecule has 2 saturated carbocycles. The molecule has 0 aromatic heterocycles. The van der Waals surface area contributed by atoms with E-state index in [0.717, 1.165) is 11.1 Å². The Morgan fingerprint density at radius 2 is 0.826 bits per heavy atom. The van der Waals surface area contributed by atoms with Gasteiger partial charge in [-0.05, 0) is 22.3 Å². The maximum absolute atomic E-state index is 14.8. The molecule has 4 unspecified atom stereocenters. The van der Waals surface area contributed by atoms with E-state index in [4.69, 9.17) is 9.47 Å². The first-order chi connectivity index (χ1) is 22.6. The third-order valence-electron chi connectivity index (χ3n) is 12.5. The molecule has 0 amide bonds. The van der Waals surface area contributed by atoms with E-state index in [1.807, 2.05) is 24.3 Å². The molecule has 2 aliphatic carbocycles. The standard InChI is InChI=1S/C40H38N2O4/c1-45-37(43)39-31(27-19-11-5-12-20-27)29-35-40(38(44)46-2)32(28-21-13-6-14-22-28)30(33(39)41(35)23-25-15-7-3-8-16-25)34(39)42(36(29)40)24-26-17-9-4-10-18-26/h3-22,29-36H,23-24H2,1-2H3/t29?,30?,31-,32+,33?,34?,35?,36?,39?,40?. The lowest BCUT2D eigenvalue weighted by molar-refractivity contribution is -0.403. The fourth-order valence-electron chi connectivity index (χ4n) is 11.6. The summed E-state index contributed by atoms with van der Waals surface area (Å²) in [5, 5.41) is 0. The molecule has 10 rings (SSSR count). The molecule has 232 valence electrons. The topological polar surface area (TPSA) is 59.1 Å². The summed E-state index contributed by atoms with van der Waals surface area (Å²) in [6, 6.07) is 41.6. The number of nitrogens with zero attached hydrogens (tertiary/aromatic N) is 2. The van der Waals surface area contributed by atoms with Gasteiger partial charge in [-0.25, -0.2) is 0 Å². The van der Waals surface area contributed by atoms with E-state index >= 15 is 0 Å². The summed E-state index contributed by atoms with van der Waals surface area (Å²) in [7, 11) is 3.10. The van der Waals surface area contributed by atoms with Crippen molar-refractivity contribution >= 4 is 11.9 Å². The maximum Gasteiger partial charge on any atom is 0.315 e. The Labute approximate surface area is 269 Å². The van der Waals surface area contributed by atoms with Gasteiger partial charge in [0.05, 0.1) is 14.2 Å². The van der Waals surface area contributed by atoms with E-state index in [1.165, 1.54) is 11.1 Å². The number of hydrogen-bond donors (Lipinski definition) is 0. The molecule has 4 saturated heterocycles. The summed E-state index contributed by atoms with van der Waals surface area (Å²) >= 11 is 0. The summed E-state index contributed by atoms with van der Waals surface area (Å²) in [5.41, 5.74) is 3.11. The van der Waals surface area contributed by atoms with Crippen molar-refractivity contribution in [1.82, 2.24) is 9.80 Å². The molecule has 4 aliphatic heterocycles. The Morgan fingerprint density at radius 3 is 1.13 bits per heavy atom. The Balaban J connectivity index is 1.33. The molecule has 0 N–H and O–H groups in total. The number of esters is 2. The van der Waals surface area contributed by atoms with Crippen LogP contribution < -0.4 is 0 Å². The minimum atomic E-state index is -0.794. The lowest BCUT2D eigenvalue weighted by Crippen LogP contribution is -3.02. The van der Waals surface area contributed by atoms with Gasteiger partial charge in [-0.3, -0.25) is 19.4 Å². The lowest BCUT2D eigenvalue weighted by Gasteiger charge is -2.91. The molecule has 8 bridgehead atoms. The van der Waals surface area contributed by atoms with E-state index in [0.29, 0.717) is 13.1 Å². The van der Waals surface area contributed by atoms with E-state index < -0.39 is 10.8 Å². The number of hydrogen-bond acceptors (Lipinski definition) is 6. The molecule has 46 heavy (non-hydrogen) atoms. The number of ether oxygens (including phenoxy) is 2. The van der Waals surface area contributed by atoms with Crippen LogP contribution in [0.3, 0.4) is 0 Å². The first-order valence-corrected chi connectivity index (χ1v) is 16.5. The maximum atomic E-state index is 14.8. The molecular weight excluding hydrogens is 572 g/mol. The second kappa shape index (κ2) is 10.1. The molecule has 4 aromatic carbocycles. The molecule has 0 radical (unpaired) electrons. The van der Waals surface area contributed by atoms with Gasteiger partial charge in [0, 0.05) is 60.9 Å². The Hall–Kier alpha value is -4.26. The summed E-state index contributed by atoms with van der Waals surface area (Å²) in [4.78, 5) is 34.6. The van der Waals surface area contributed by atoms with Crippen LogP contribution in [0, 0.1) is 22.7 Å². The van der Waals surface area contributed by atoms with Gasteiger partial charge in [-0.2, -0.15) is 0 Å². The highest BCUT2D eigenvalue weighted by molar-refractivity contribution is 5.90. The zero-order valence-corrected chi connectivity index (χ0v) is 26.1. The van der Waals surface area contributed by atoms with Gasteiger partial charge in [0.2, 0.25) is 0 Å². The van der Waals surface area contributed by atoms with Gasteiger partial charge in [0.15, 0.2) is 0 Å². The number of methoxy groups -OCH3 is 2. The molecule has 6 nitrogen and oxygen atoms in total. The first kappa shape index (κ1) is 28.0. The highest BCUT2D eigenvalue weighted by Gasteiger charge is 2.95. The Kier molecular flexibility index (Phi) is 6.16. The van der Waals surface area contributed by atoms with E-state index in [2.05, 4.69) is 107 Å². The zero-order valence-electron chi connectivity index (χ0n) is 26.1. The van der Waals surface area contributed by atoms with Crippen LogP contribution in [-0.2, 0) is 32.2 Å². The van der Waals surface area contributed by atoms with Crippen molar-refractivity contribution in [3.8, 4) is 0 Å². The molecule has 4 aromatic rings. The second-order valence-corrected chi connectivity index (χ2v) is 13.9. The highest BCUT2D eigenvalue weighted by atomic mass is 16.5. The van der Waals surface area contributed by atoms with Crippen LogP contribution in [0.5, 0.6) is 0 Å². The molecule has 6 aliphatic rings. The van der Waals surface area contributed by atoms with Crippen LogP contribution >= 0.6 is 0 Å². The van der Waals surface area contributed by atoms with Crippen LogP contribution in [-0.4, -0.2) is 60.1 Å². The third kappa shape index (κ3) is 3.24. The van der Waals surface area contributed by atoms with Crippen molar-refractivity contribution in [1.29, 1.82) is 0 Å². The minimum absolute atomic E-state index is 0.0213. The van der Waals surface area contributed by atoms with Crippen molar-refractivity contribution in [3.05, 3.63) is 144 Å². The van der Waals surface area contributed by atoms with Gasteiger partial charge >= 0.3 is 11.9 Å². The van der Waals surface area contributed by atoms with Crippen LogP contribution in [0.4, 0.5) is 0 Å². The number of piperidine rings is 4. The first-order valence-electron chi connectivity index (χ1n) is 16.5. The fourth-order valence-corrected chi connectivity index (χ4v) is 11.6.